The zero-order valence-corrected chi connectivity index (χ0v) is 8.21. The molecule has 2 heterocycles. The van der Waals surface area contributed by atoms with Gasteiger partial charge in [-0.3, -0.25) is 0 Å². The smallest absolute Gasteiger partial charge is 0.219 e. The summed E-state index contributed by atoms with van der Waals surface area (Å²) in [5.41, 5.74) is 1.77. The zero-order chi connectivity index (χ0) is 11.0. The number of rotatable bonds is 1. The monoisotopic (exact) mass is 214 g/mol. The molecule has 5 heteroatoms. The Morgan fingerprint density at radius 2 is 1.81 bits per heavy atom. The highest BCUT2D eigenvalue weighted by atomic mass is 19.1. The Morgan fingerprint density at radius 1 is 1.00 bits per heavy atom. The summed E-state index contributed by atoms with van der Waals surface area (Å²) in [7, 11) is 0. The van der Waals surface area contributed by atoms with Crippen molar-refractivity contribution in [1.29, 1.82) is 0 Å². The Kier molecular flexibility index (Phi) is 1.89. The number of nitrogens with zero attached hydrogens (tertiary/aromatic N) is 4. The van der Waals surface area contributed by atoms with Gasteiger partial charge in [0.25, 0.3) is 5.78 Å². The van der Waals surface area contributed by atoms with E-state index in [1.165, 1.54) is 18.5 Å². The van der Waals surface area contributed by atoms with Gasteiger partial charge >= 0.3 is 0 Å². The van der Waals surface area contributed by atoms with Gasteiger partial charge in [-0.15, -0.1) is 0 Å². The molecule has 0 atom stereocenters. The van der Waals surface area contributed by atoms with Crippen LogP contribution in [0.15, 0.2) is 43.0 Å². The van der Waals surface area contributed by atoms with Crippen LogP contribution in [0.5, 0.6) is 0 Å². The van der Waals surface area contributed by atoms with Crippen LogP contribution < -0.4 is 0 Å². The molecule has 3 aromatic rings. The molecule has 0 saturated heterocycles. The van der Waals surface area contributed by atoms with Crippen molar-refractivity contribution in [2.24, 2.45) is 0 Å². The van der Waals surface area contributed by atoms with E-state index < -0.39 is 0 Å². The van der Waals surface area contributed by atoms with Crippen molar-refractivity contribution in [3.63, 3.8) is 0 Å². The van der Waals surface area contributed by atoms with E-state index in [1.807, 2.05) is 6.20 Å². The predicted octanol–water partition coefficient (Wildman–Crippen LogP) is 1.93. The fraction of sp³-hybridized carbons (Fsp3) is 0. The van der Waals surface area contributed by atoms with Crippen molar-refractivity contribution in [2.45, 2.75) is 0 Å². The molecule has 0 fully saturated rings. The largest absolute Gasteiger partial charge is 0.252 e. The van der Waals surface area contributed by atoms with Crippen LogP contribution in [0.3, 0.4) is 0 Å². The Morgan fingerprint density at radius 3 is 2.62 bits per heavy atom. The number of fused-ring (bicyclic) bond motifs is 1. The molecule has 0 bridgehead atoms. The van der Waals surface area contributed by atoms with Gasteiger partial charge in [0.05, 0.1) is 0 Å². The molecule has 0 radical (unpaired) electrons. The fourth-order valence-electron chi connectivity index (χ4n) is 1.51. The molecule has 78 valence electrons. The van der Waals surface area contributed by atoms with Crippen molar-refractivity contribution >= 4 is 5.78 Å². The maximum Gasteiger partial charge on any atom is 0.252 e. The summed E-state index contributed by atoms with van der Waals surface area (Å²) in [5, 5.41) is 3.99. The molecule has 0 aliphatic carbocycles. The molecule has 2 aromatic heterocycles. The lowest BCUT2D eigenvalue weighted by Gasteiger charge is -2.00. The third-order valence-corrected chi connectivity index (χ3v) is 2.31. The third-order valence-electron chi connectivity index (χ3n) is 2.31. The van der Waals surface area contributed by atoms with Crippen LogP contribution in [0.25, 0.3) is 16.9 Å². The normalized spacial score (nSPS) is 10.8. The Bertz CT molecular complexity index is 630. The van der Waals surface area contributed by atoms with E-state index in [-0.39, 0.29) is 5.82 Å². The molecular formula is C11H7FN4. The van der Waals surface area contributed by atoms with Gasteiger partial charge in [-0.1, -0.05) is 12.1 Å². The molecule has 0 spiro atoms. The van der Waals surface area contributed by atoms with E-state index in [0.717, 1.165) is 11.1 Å². The van der Waals surface area contributed by atoms with Gasteiger partial charge in [0.1, 0.15) is 12.1 Å². The highest BCUT2D eigenvalue weighted by molar-refractivity contribution is 5.62. The van der Waals surface area contributed by atoms with Crippen LogP contribution in [0.4, 0.5) is 4.39 Å². The summed E-state index contributed by atoms with van der Waals surface area (Å²) >= 11 is 0. The Labute approximate surface area is 90.4 Å². The van der Waals surface area contributed by atoms with Gasteiger partial charge in [0, 0.05) is 18.0 Å². The summed E-state index contributed by atoms with van der Waals surface area (Å²) in [4.78, 5) is 8.08. The molecule has 16 heavy (non-hydrogen) atoms. The topological polar surface area (TPSA) is 43.1 Å². The minimum absolute atomic E-state index is 0.251. The van der Waals surface area contributed by atoms with E-state index in [0.29, 0.717) is 5.78 Å². The lowest BCUT2D eigenvalue weighted by atomic mass is 10.1. The van der Waals surface area contributed by atoms with E-state index in [1.54, 1.807) is 22.8 Å². The highest BCUT2D eigenvalue weighted by Crippen LogP contribution is 2.18. The van der Waals surface area contributed by atoms with Crippen LogP contribution in [0.1, 0.15) is 0 Å². The van der Waals surface area contributed by atoms with Gasteiger partial charge in [0.2, 0.25) is 0 Å². The second-order valence-corrected chi connectivity index (χ2v) is 3.35. The maximum absolute atomic E-state index is 12.8. The van der Waals surface area contributed by atoms with E-state index in [9.17, 15) is 4.39 Å². The molecule has 0 N–H and O–H groups in total. The zero-order valence-electron chi connectivity index (χ0n) is 8.21. The summed E-state index contributed by atoms with van der Waals surface area (Å²) in [5.74, 6) is 0.296. The first kappa shape index (κ1) is 8.96. The van der Waals surface area contributed by atoms with Gasteiger partial charge in [0.15, 0.2) is 0 Å². The fourth-order valence-corrected chi connectivity index (χ4v) is 1.51. The van der Waals surface area contributed by atoms with E-state index >= 15 is 0 Å². The summed E-state index contributed by atoms with van der Waals surface area (Å²) < 4.78 is 14.3. The van der Waals surface area contributed by atoms with Gasteiger partial charge < -0.3 is 0 Å². The first-order chi connectivity index (χ1) is 7.83. The van der Waals surface area contributed by atoms with Crippen molar-refractivity contribution in [3.05, 3.63) is 48.8 Å². The minimum atomic E-state index is -0.251. The molecule has 0 unspecified atom stereocenters. The molecule has 0 aliphatic heterocycles. The van der Waals surface area contributed by atoms with Crippen LogP contribution in [-0.4, -0.2) is 19.6 Å². The summed E-state index contributed by atoms with van der Waals surface area (Å²) in [6, 6.07) is 6.24. The van der Waals surface area contributed by atoms with Crippen LogP contribution >= 0.6 is 0 Å². The molecule has 0 amide bonds. The van der Waals surface area contributed by atoms with Crippen molar-refractivity contribution in [2.75, 3.05) is 0 Å². The van der Waals surface area contributed by atoms with Crippen LogP contribution in [0, 0.1) is 5.82 Å². The first-order valence-electron chi connectivity index (χ1n) is 4.74. The quantitative estimate of drug-likeness (QED) is 0.621. The predicted molar refractivity (Wildman–Crippen MR) is 56.2 cm³/mol. The van der Waals surface area contributed by atoms with Crippen LogP contribution in [0.2, 0.25) is 0 Å². The minimum Gasteiger partial charge on any atom is -0.219 e. The average molecular weight is 214 g/mol. The molecule has 3 rings (SSSR count). The average Bonchev–Trinajstić information content (AvgIpc) is 2.77. The van der Waals surface area contributed by atoms with Gasteiger partial charge in [-0.2, -0.15) is 10.1 Å². The van der Waals surface area contributed by atoms with Crippen molar-refractivity contribution < 1.29 is 4.39 Å². The lowest BCUT2D eigenvalue weighted by molar-refractivity contribution is 0.628. The Balaban J connectivity index is 2.14. The third kappa shape index (κ3) is 1.42. The second-order valence-electron chi connectivity index (χ2n) is 3.35. The summed E-state index contributed by atoms with van der Waals surface area (Å²) in [6.45, 7) is 0. The van der Waals surface area contributed by atoms with Gasteiger partial charge in [-0.25, -0.2) is 13.9 Å². The van der Waals surface area contributed by atoms with Gasteiger partial charge in [-0.05, 0) is 17.7 Å². The maximum atomic E-state index is 12.8. The van der Waals surface area contributed by atoms with Crippen LogP contribution in [-0.2, 0) is 0 Å². The number of hydrogen-bond acceptors (Lipinski definition) is 3. The number of benzene rings is 1. The summed E-state index contributed by atoms with van der Waals surface area (Å²) in [6.07, 6.45) is 4.94. The SMILES string of the molecule is Fc1ccc(-c2cnc3ncnn3c2)cc1. The van der Waals surface area contributed by atoms with Crippen molar-refractivity contribution in [1.82, 2.24) is 19.6 Å². The molecule has 1 aromatic carbocycles. The molecule has 0 saturated carbocycles. The molecule has 4 nitrogen and oxygen atoms in total. The molecular weight excluding hydrogens is 207 g/mol. The standard InChI is InChI=1S/C11H7FN4/c12-10-3-1-8(2-4-10)9-5-13-11-14-7-15-16(11)6-9/h1-7H. The Hall–Kier alpha value is -2.30. The highest BCUT2D eigenvalue weighted by Gasteiger charge is 2.01. The number of hydrogen-bond donors (Lipinski definition) is 0. The number of halogens is 1. The lowest BCUT2D eigenvalue weighted by Crippen LogP contribution is -1.91. The second kappa shape index (κ2) is 3.37. The first-order valence-corrected chi connectivity index (χ1v) is 4.74. The molecule has 0 aliphatic rings. The number of aromatic nitrogens is 4. The van der Waals surface area contributed by atoms with E-state index in [2.05, 4.69) is 15.1 Å². The van der Waals surface area contributed by atoms with E-state index in [4.69, 9.17) is 0 Å². The van der Waals surface area contributed by atoms with Crippen molar-refractivity contribution in [3.8, 4) is 11.1 Å².